The number of nitrogens with one attached hydrogen (secondary N) is 1. The number of ether oxygens (including phenoxy) is 1. The van der Waals surface area contributed by atoms with Gasteiger partial charge in [-0.3, -0.25) is 4.79 Å². The van der Waals surface area contributed by atoms with Crippen LogP contribution in [0.15, 0.2) is 89.8 Å². The van der Waals surface area contributed by atoms with Crippen molar-refractivity contribution >= 4 is 17.7 Å². The zero-order valence-corrected chi connectivity index (χ0v) is 18.3. The van der Waals surface area contributed by atoms with Crippen LogP contribution in [0.25, 0.3) is 0 Å². The summed E-state index contributed by atoms with van der Waals surface area (Å²) in [6, 6.07) is 27.8. The Morgan fingerprint density at radius 1 is 0.967 bits per heavy atom. The quantitative estimate of drug-likeness (QED) is 0.480. The van der Waals surface area contributed by atoms with Crippen LogP contribution in [0.2, 0.25) is 0 Å². The predicted molar refractivity (Wildman–Crippen MR) is 124 cm³/mol. The van der Waals surface area contributed by atoms with Crippen LogP contribution in [0.5, 0.6) is 5.75 Å². The number of carbonyl (C=O) groups is 1. The van der Waals surface area contributed by atoms with Crippen LogP contribution in [0.3, 0.4) is 0 Å². The average Bonchev–Trinajstić information content (AvgIpc) is 2.77. The summed E-state index contributed by atoms with van der Waals surface area (Å²) < 4.78 is 5.80. The second kappa shape index (κ2) is 11.4. The first-order valence-electron chi connectivity index (χ1n) is 10.0. The van der Waals surface area contributed by atoms with E-state index in [-0.39, 0.29) is 11.2 Å². The topological polar surface area (TPSA) is 41.6 Å². The molecule has 1 unspecified atom stereocenters. The molecule has 3 aromatic carbocycles. The van der Waals surface area contributed by atoms with Crippen molar-refractivity contribution in [3.8, 4) is 5.75 Å². The van der Waals surface area contributed by atoms with E-state index in [1.807, 2.05) is 99.0 Å². The van der Waals surface area contributed by atoms with Crippen LogP contribution in [0.4, 0.5) is 0 Å². The highest BCUT2D eigenvalue weighted by Gasteiger charge is 2.21. The summed E-state index contributed by atoms with van der Waals surface area (Å²) >= 11 is 1.56. The molecule has 0 heterocycles. The highest BCUT2D eigenvalue weighted by atomic mass is 32.2. The first kappa shape index (κ1) is 21.9. The fourth-order valence-electron chi connectivity index (χ4n) is 2.91. The summed E-state index contributed by atoms with van der Waals surface area (Å²) in [4.78, 5) is 16.2. The molecule has 0 spiro atoms. The normalized spacial score (nSPS) is 11.8. The van der Waals surface area contributed by atoms with E-state index in [9.17, 15) is 4.79 Å². The van der Waals surface area contributed by atoms with Crippen LogP contribution < -0.4 is 10.1 Å². The maximum Gasteiger partial charge on any atom is 0.238 e. The molecular formula is C25H28N2O2S. The van der Waals surface area contributed by atoms with Gasteiger partial charge < -0.3 is 15.0 Å². The van der Waals surface area contributed by atoms with E-state index in [0.717, 1.165) is 28.3 Å². The molecule has 0 aliphatic rings. The summed E-state index contributed by atoms with van der Waals surface area (Å²) in [7, 11) is 4.04. The fraction of sp³-hybridized carbons (Fsp3) is 0.240. The van der Waals surface area contributed by atoms with E-state index in [4.69, 9.17) is 4.74 Å². The second-order valence-electron chi connectivity index (χ2n) is 7.24. The molecule has 30 heavy (non-hydrogen) atoms. The molecule has 0 aromatic heterocycles. The summed E-state index contributed by atoms with van der Waals surface area (Å²) in [5, 5.41) is 2.78. The van der Waals surface area contributed by atoms with Gasteiger partial charge in [0.05, 0.1) is 0 Å². The van der Waals surface area contributed by atoms with Crippen molar-refractivity contribution in [3.63, 3.8) is 0 Å². The average molecular weight is 421 g/mol. The number of benzene rings is 3. The first-order valence-corrected chi connectivity index (χ1v) is 10.9. The van der Waals surface area contributed by atoms with E-state index in [2.05, 4.69) is 10.2 Å². The zero-order valence-electron chi connectivity index (χ0n) is 17.5. The van der Waals surface area contributed by atoms with E-state index in [1.54, 1.807) is 11.8 Å². The number of amides is 1. The van der Waals surface area contributed by atoms with Gasteiger partial charge in [-0.25, -0.2) is 0 Å². The van der Waals surface area contributed by atoms with Gasteiger partial charge in [0.1, 0.15) is 17.6 Å². The van der Waals surface area contributed by atoms with E-state index >= 15 is 0 Å². The molecular weight excluding hydrogens is 392 g/mol. The maximum absolute atomic E-state index is 13.1. The standard InChI is InChI=1S/C25H28N2O2S/c1-27(2)16-17-29-22-13-9-10-20(18-22)19-26-25(28)24(21-11-5-3-6-12-21)30-23-14-7-4-8-15-23/h3-15,18,24H,16-17,19H2,1-2H3,(H,26,28). The molecule has 3 aromatic rings. The maximum atomic E-state index is 13.1. The van der Waals surface area contributed by atoms with Gasteiger partial charge >= 0.3 is 0 Å². The predicted octanol–water partition coefficient (Wildman–Crippen LogP) is 4.78. The molecule has 0 bridgehead atoms. The summed E-state index contributed by atoms with van der Waals surface area (Å²) in [6.07, 6.45) is 0. The Labute approximate surface area is 183 Å². The fourth-order valence-corrected chi connectivity index (χ4v) is 3.98. The van der Waals surface area contributed by atoms with Gasteiger partial charge in [0, 0.05) is 18.0 Å². The summed E-state index contributed by atoms with van der Waals surface area (Å²) in [5.41, 5.74) is 2.01. The minimum Gasteiger partial charge on any atom is -0.492 e. The molecule has 1 atom stereocenters. The van der Waals surface area contributed by atoms with Crippen molar-refractivity contribution in [3.05, 3.63) is 96.1 Å². The lowest BCUT2D eigenvalue weighted by Crippen LogP contribution is -2.27. The van der Waals surface area contributed by atoms with Crippen molar-refractivity contribution in [2.24, 2.45) is 0 Å². The number of hydrogen-bond acceptors (Lipinski definition) is 4. The zero-order chi connectivity index (χ0) is 21.2. The van der Waals surface area contributed by atoms with Gasteiger partial charge in [0.2, 0.25) is 5.91 Å². The summed E-state index contributed by atoms with van der Waals surface area (Å²) in [5.74, 6) is 0.816. The van der Waals surface area contributed by atoms with Crippen molar-refractivity contribution in [2.75, 3.05) is 27.2 Å². The molecule has 1 N–H and O–H groups in total. The highest BCUT2D eigenvalue weighted by molar-refractivity contribution is 8.00. The molecule has 5 heteroatoms. The largest absolute Gasteiger partial charge is 0.492 e. The Morgan fingerprint density at radius 3 is 2.37 bits per heavy atom. The van der Waals surface area contributed by atoms with Crippen LogP contribution in [-0.4, -0.2) is 38.1 Å². The van der Waals surface area contributed by atoms with Crippen LogP contribution in [0, 0.1) is 0 Å². The van der Waals surface area contributed by atoms with Crippen molar-refractivity contribution in [1.82, 2.24) is 10.2 Å². The smallest absolute Gasteiger partial charge is 0.238 e. The molecule has 3 rings (SSSR count). The molecule has 0 aliphatic carbocycles. The number of thioether (sulfide) groups is 1. The first-order chi connectivity index (χ1) is 14.6. The molecule has 0 saturated heterocycles. The van der Waals surface area contributed by atoms with Gasteiger partial charge in [-0.1, -0.05) is 60.7 Å². The number of rotatable bonds is 10. The van der Waals surface area contributed by atoms with E-state index in [1.165, 1.54) is 0 Å². The van der Waals surface area contributed by atoms with Crippen molar-refractivity contribution in [2.45, 2.75) is 16.7 Å². The van der Waals surface area contributed by atoms with E-state index < -0.39 is 0 Å². The van der Waals surface area contributed by atoms with E-state index in [0.29, 0.717) is 13.2 Å². The minimum atomic E-state index is -0.312. The lowest BCUT2D eigenvalue weighted by Gasteiger charge is -2.17. The Balaban J connectivity index is 1.64. The second-order valence-corrected chi connectivity index (χ2v) is 8.42. The van der Waals surface area contributed by atoms with Gasteiger partial charge in [-0.15, -0.1) is 11.8 Å². The van der Waals surface area contributed by atoms with Crippen LogP contribution in [0.1, 0.15) is 16.4 Å². The number of hydrogen-bond donors (Lipinski definition) is 1. The summed E-state index contributed by atoms with van der Waals surface area (Å²) in [6.45, 7) is 1.95. The van der Waals surface area contributed by atoms with Crippen molar-refractivity contribution in [1.29, 1.82) is 0 Å². The molecule has 0 saturated carbocycles. The number of nitrogens with zero attached hydrogens (tertiary/aromatic N) is 1. The van der Waals surface area contributed by atoms with Crippen LogP contribution >= 0.6 is 11.8 Å². The van der Waals surface area contributed by atoms with Gasteiger partial charge in [-0.2, -0.15) is 0 Å². The molecule has 1 amide bonds. The molecule has 0 radical (unpaired) electrons. The lowest BCUT2D eigenvalue weighted by atomic mass is 10.1. The lowest BCUT2D eigenvalue weighted by molar-refractivity contribution is -0.120. The molecule has 156 valence electrons. The highest BCUT2D eigenvalue weighted by Crippen LogP contribution is 2.35. The SMILES string of the molecule is CN(C)CCOc1cccc(CNC(=O)C(Sc2ccccc2)c2ccccc2)c1. The molecule has 4 nitrogen and oxygen atoms in total. The third-order valence-electron chi connectivity index (χ3n) is 4.51. The molecule has 0 fully saturated rings. The minimum absolute atomic E-state index is 0.00557. The van der Waals surface area contributed by atoms with Gasteiger partial charge in [0.25, 0.3) is 0 Å². The Bertz CT molecular complexity index is 917. The van der Waals surface area contributed by atoms with Gasteiger partial charge in [0.15, 0.2) is 0 Å². The van der Waals surface area contributed by atoms with Crippen molar-refractivity contribution < 1.29 is 9.53 Å². The Hall–Kier alpha value is -2.76. The third-order valence-corrected chi connectivity index (χ3v) is 5.78. The third kappa shape index (κ3) is 6.94. The number of likely N-dealkylation sites (N-methyl/N-ethyl adjacent to an activating group) is 1. The Kier molecular flexibility index (Phi) is 8.36. The number of carbonyl (C=O) groups excluding carboxylic acids is 1. The molecule has 0 aliphatic heterocycles. The van der Waals surface area contributed by atoms with Crippen LogP contribution in [-0.2, 0) is 11.3 Å². The monoisotopic (exact) mass is 420 g/mol. The Morgan fingerprint density at radius 2 is 1.67 bits per heavy atom. The van der Waals surface area contributed by atoms with Gasteiger partial charge in [-0.05, 0) is 49.5 Å².